The van der Waals surface area contributed by atoms with Crippen LogP contribution in [0, 0.1) is 16.0 Å². The zero-order valence-electron chi connectivity index (χ0n) is 10.2. The predicted octanol–water partition coefficient (Wildman–Crippen LogP) is 2.07. The van der Waals surface area contributed by atoms with E-state index in [0.29, 0.717) is 12.8 Å². The second-order valence-electron chi connectivity index (χ2n) is 3.82. The maximum atomic E-state index is 11.7. The molecule has 0 atom stereocenters. The number of amides is 1. The number of nitro groups is 1. The van der Waals surface area contributed by atoms with Crippen molar-refractivity contribution in [1.29, 1.82) is 0 Å². The van der Waals surface area contributed by atoms with Gasteiger partial charge in [0.2, 0.25) is 5.91 Å². The van der Waals surface area contributed by atoms with Crippen molar-refractivity contribution in [1.82, 2.24) is 4.98 Å². The summed E-state index contributed by atoms with van der Waals surface area (Å²) in [6, 6.07) is 0.954. The number of aromatic nitrogens is 1. The van der Waals surface area contributed by atoms with E-state index >= 15 is 0 Å². The Hall–Kier alpha value is -2.18. The molecule has 7 heteroatoms. The number of hydrogen-bond acceptors (Lipinski definition) is 5. The van der Waals surface area contributed by atoms with Gasteiger partial charge in [0.25, 0.3) is 5.69 Å². The first-order chi connectivity index (χ1) is 8.49. The maximum Gasteiger partial charge on any atom is 0.291 e. The van der Waals surface area contributed by atoms with Crippen molar-refractivity contribution in [3.63, 3.8) is 0 Å². The van der Waals surface area contributed by atoms with Gasteiger partial charge < -0.3 is 10.4 Å². The van der Waals surface area contributed by atoms with Crippen LogP contribution in [0.4, 0.5) is 11.5 Å². The number of carbonyl (C=O) groups is 1. The van der Waals surface area contributed by atoms with Gasteiger partial charge >= 0.3 is 0 Å². The Balaban J connectivity index is 2.86. The normalized spacial score (nSPS) is 10.4. The fraction of sp³-hybridized carbons (Fsp3) is 0.455. The molecule has 0 aromatic carbocycles. The average Bonchev–Trinajstić information content (AvgIpc) is 2.33. The van der Waals surface area contributed by atoms with Gasteiger partial charge in [0.1, 0.15) is 6.20 Å². The van der Waals surface area contributed by atoms with Crippen LogP contribution in [0.1, 0.15) is 26.7 Å². The third-order valence-corrected chi connectivity index (χ3v) is 2.66. The number of nitrogens with one attached hydrogen (secondary N) is 1. The van der Waals surface area contributed by atoms with Crippen LogP contribution in [0.2, 0.25) is 0 Å². The van der Waals surface area contributed by atoms with Gasteiger partial charge in [-0.05, 0) is 12.8 Å². The minimum Gasteiger partial charge on any atom is -0.504 e. The van der Waals surface area contributed by atoms with Gasteiger partial charge in [0.15, 0.2) is 11.6 Å². The molecule has 0 aliphatic rings. The number of hydrogen-bond donors (Lipinski definition) is 2. The Labute approximate surface area is 104 Å². The lowest BCUT2D eigenvalue weighted by Crippen LogP contribution is -2.22. The average molecular weight is 253 g/mol. The minimum atomic E-state index is -0.667. The van der Waals surface area contributed by atoms with Crippen LogP contribution in [0.3, 0.4) is 0 Å². The number of anilines is 1. The first kappa shape index (κ1) is 13.9. The summed E-state index contributed by atoms with van der Waals surface area (Å²) >= 11 is 0. The molecule has 1 rings (SSSR count). The fourth-order valence-electron chi connectivity index (χ4n) is 1.52. The van der Waals surface area contributed by atoms with Crippen LogP contribution in [-0.4, -0.2) is 20.9 Å². The molecule has 7 nitrogen and oxygen atoms in total. The molecule has 0 aliphatic heterocycles. The molecule has 0 saturated heterocycles. The van der Waals surface area contributed by atoms with Crippen molar-refractivity contribution in [2.75, 3.05) is 5.32 Å². The Morgan fingerprint density at radius 1 is 1.56 bits per heavy atom. The molecule has 0 spiro atoms. The standard InChI is InChI=1S/C11H15N3O4/c1-3-7(4-2)11(16)13-10-9(15)5-8(6-12-10)14(17)18/h5-7,15H,3-4H2,1-2H3,(H,12,13,16). The second-order valence-corrected chi connectivity index (χ2v) is 3.82. The number of pyridine rings is 1. The molecule has 1 heterocycles. The van der Waals surface area contributed by atoms with Gasteiger partial charge in [-0.3, -0.25) is 14.9 Å². The molecule has 0 fully saturated rings. The second kappa shape index (κ2) is 5.95. The molecular formula is C11H15N3O4. The summed E-state index contributed by atoms with van der Waals surface area (Å²) in [5.74, 6) is -0.890. The van der Waals surface area contributed by atoms with E-state index in [0.717, 1.165) is 12.3 Å². The SMILES string of the molecule is CCC(CC)C(=O)Nc1ncc([N+](=O)[O-])cc1O. The zero-order valence-corrected chi connectivity index (χ0v) is 10.2. The Morgan fingerprint density at radius 3 is 2.61 bits per heavy atom. The summed E-state index contributed by atoms with van der Waals surface area (Å²) in [7, 11) is 0. The van der Waals surface area contributed by atoms with Crippen molar-refractivity contribution in [3.05, 3.63) is 22.4 Å². The van der Waals surface area contributed by atoms with Crippen LogP contribution >= 0.6 is 0 Å². The molecule has 2 N–H and O–H groups in total. The molecule has 0 unspecified atom stereocenters. The van der Waals surface area contributed by atoms with Gasteiger partial charge in [-0.15, -0.1) is 0 Å². The van der Waals surface area contributed by atoms with Crippen molar-refractivity contribution >= 4 is 17.4 Å². The zero-order chi connectivity index (χ0) is 13.7. The van der Waals surface area contributed by atoms with Gasteiger partial charge in [-0.1, -0.05) is 13.8 Å². The molecule has 1 aromatic rings. The van der Waals surface area contributed by atoms with Crippen LogP contribution in [0.5, 0.6) is 5.75 Å². The Bertz CT molecular complexity index is 458. The highest BCUT2D eigenvalue weighted by Gasteiger charge is 2.18. The van der Waals surface area contributed by atoms with Gasteiger partial charge in [0, 0.05) is 5.92 Å². The number of aromatic hydroxyl groups is 1. The molecular weight excluding hydrogens is 238 g/mol. The molecule has 18 heavy (non-hydrogen) atoms. The molecule has 98 valence electrons. The topological polar surface area (TPSA) is 105 Å². The predicted molar refractivity (Wildman–Crippen MR) is 65.3 cm³/mol. The van der Waals surface area contributed by atoms with Crippen molar-refractivity contribution in [2.45, 2.75) is 26.7 Å². The van der Waals surface area contributed by atoms with Crippen LogP contribution < -0.4 is 5.32 Å². The van der Waals surface area contributed by atoms with Crippen LogP contribution in [0.25, 0.3) is 0 Å². The number of nitrogens with zero attached hydrogens (tertiary/aromatic N) is 2. The van der Waals surface area contributed by atoms with Crippen LogP contribution in [-0.2, 0) is 4.79 Å². The molecule has 1 amide bonds. The lowest BCUT2D eigenvalue weighted by molar-refractivity contribution is -0.385. The van der Waals surface area contributed by atoms with E-state index in [2.05, 4.69) is 10.3 Å². The van der Waals surface area contributed by atoms with E-state index in [1.165, 1.54) is 0 Å². The highest BCUT2D eigenvalue weighted by Crippen LogP contribution is 2.25. The van der Waals surface area contributed by atoms with E-state index in [-0.39, 0.29) is 23.3 Å². The largest absolute Gasteiger partial charge is 0.504 e. The number of rotatable bonds is 5. The number of carbonyl (C=O) groups excluding carboxylic acids is 1. The first-order valence-electron chi connectivity index (χ1n) is 5.63. The third-order valence-electron chi connectivity index (χ3n) is 2.66. The Morgan fingerprint density at radius 2 is 2.17 bits per heavy atom. The lowest BCUT2D eigenvalue weighted by Gasteiger charge is -2.12. The third kappa shape index (κ3) is 3.16. The van der Waals surface area contributed by atoms with Crippen LogP contribution in [0.15, 0.2) is 12.3 Å². The summed E-state index contributed by atoms with van der Waals surface area (Å²) in [5.41, 5.74) is -0.326. The molecule has 0 saturated carbocycles. The highest BCUT2D eigenvalue weighted by molar-refractivity contribution is 5.92. The molecule has 0 bridgehead atoms. The summed E-state index contributed by atoms with van der Waals surface area (Å²) in [6.45, 7) is 3.77. The van der Waals surface area contributed by atoms with Gasteiger partial charge in [0.05, 0.1) is 11.0 Å². The molecule has 0 aliphatic carbocycles. The van der Waals surface area contributed by atoms with E-state index in [1.54, 1.807) is 0 Å². The minimum absolute atomic E-state index is 0.0579. The quantitative estimate of drug-likeness (QED) is 0.617. The smallest absolute Gasteiger partial charge is 0.291 e. The van der Waals surface area contributed by atoms with Crippen molar-refractivity contribution in [2.24, 2.45) is 5.92 Å². The van der Waals surface area contributed by atoms with Crippen molar-refractivity contribution in [3.8, 4) is 5.75 Å². The summed E-state index contributed by atoms with van der Waals surface area (Å²) in [6.07, 6.45) is 2.34. The van der Waals surface area contributed by atoms with E-state index in [1.807, 2.05) is 13.8 Å². The van der Waals surface area contributed by atoms with E-state index < -0.39 is 10.7 Å². The first-order valence-corrected chi connectivity index (χ1v) is 5.63. The van der Waals surface area contributed by atoms with Gasteiger partial charge in [-0.25, -0.2) is 4.98 Å². The summed E-state index contributed by atoms with van der Waals surface area (Å²) < 4.78 is 0. The molecule has 1 aromatic heterocycles. The monoisotopic (exact) mass is 253 g/mol. The lowest BCUT2D eigenvalue weighted by atomic mass is 10.0. The van der Waals surface area contributed by atoms with Crippen molar-refractivity contribution < 1.29 is 14.8 Å². The highest BCUT2D eigenvalue weighted by atomic mass is 16.6. The fourth-order valence-corrected chi connectivity index (χ4v) is 1.52. The van der Waals surface area contributed by atoms with Gasteiger partial charge in [-0.2, -0.15) is 0 Å². The van der Waals surface area contributed by atoms with E-state index in [9.17, 15) is 20.0 Å². The van der Waals surface area contributed by atoms with E-state index in [4.69, 9.17) is 0 Å². The Kier molecular flexibility index (Phi) is 4.59. The summed E-state index contributed by atoms with van der Waals surface area (Å²) in [4.78, 5) is 25.2. The summed E-state index contributed by atoms with van der Waals surface area (Å²) in [5, 5.41) is 22.4. The molecule has 0 radical (unpaired) electrons. The maximum absolute atomic E-state index is 11.7.